The van der Waals surface area contributed by atoms with Gasteiger partial charge in [-0.2, -0.15) is 0 Å². The van der Waals surface area contributed by atoms with E-state index in [9.17, 15) is 19.5 Å². The Bertz CT molecular complexity index is 1040. The van der Waals surface area contributed by atoms with Crippen molar-refractivity contribution in [2.24, 2.45) is 0 Å². The Morgan fingerprint density at radius 2 is 1.76 bits per heavy atom. The Labute approximate surface area is 176 Å². The van der Waals surface area contributed by atoms with Crippen LogP contribution in [0.1, 0.15) is 23.6 Å². The van der Waals surface area contributed by atoms with E-state index in [1.54, 1.807) is 19.1 Å². The molecule has 29 heavy (non-hydrogen) atoms. The number of hydrogen-bond donors (Lipinski definition) is 2. The summed E-state index contributed by atoms with van der Waals surface area (Å²) in [5, 5.41) is 12.2. The molecule has 1 aliphatic rings. The number of aromatic hydroxyl groups is 1. The van der Waals surface area contributed by atoms with Crippen LogP contribution in [0.25, 0.3) is 6.08 Å². The van der Waals surface area contributed by atoms with Gasteiger partial charge < -0.3 is 9.84 Å². The highest BCUT2D eigenvalue weighted by Gasteiger charge is 2.37. The molecule has 0 saturated carbocycles. The standard InChI is InChI=1S/C21H19BrN2O5/c1-4-29-18-9-13(16(22)10-17(18)25)8-15-19(26)23-21(28)24(20(15)27)14-6-11(2)5-12(3)7-14/h5-10,25H,4H2,1-3H3,(H,23,26,28)/b15-8-. The summed E-state index contributed by atoms with van der Waals surface area (Å²) in [5.74, 6) is -1.39. The molecule has 2 N–H and O–H groups in total. The molecular weight excluding hydrogens is 440 g/mol. The smallest absolute Gasteiger partial charge is 0.335 e. The molecule has 7 nitrogen and oxygen atoms in total. The van der Waals surface area contributed by atoms with Crippen molar-refractivity contribution in [3.8, 4) is 11.5 Å². The maximum atomic E-state index is 13.0. The van der Waals surface area contributed by atoms with E-state index < -0.39 is 17.8 Å². The van der Waals surface area contributed by atoms with E-state index in [2.05, 4.69) is 21.2 Å². The number of nitrogens with zero attached hydrogens (tertiary/aromatic N) is 1. The van der Waals surface area contributed by atoms with Crippen LogP contribution in [-0.4, -0.2) is 29.6 Å². The van der Waals surface area contributed by atoms with Gasteiger partial charge in [0, 0.05) is 4.47 Å². The van der Waals surface area contributed by atoms with Gasteiger partial charge in [0.2, 0.25) is 0 Å². The fraction of sp³-hybridized carbons (Fsp3) is 0.190. The second kappa shape index (κ2) is 8.08. The lowest BCUT2D eigenvalue weighted by Gasteiger charge is -2.27. The van der Waals surface area contributed by atoms with E-state index in [0.29, 0.717) is 22.3 Å². The molecule has 0 radical (unpaired) electrons. The van der Waals surface area contributed by atoms with Crippen molar-refractivity contribution in [3.05, 3.63) is 57.1 Å². The van der Waals surface area contributed by atoms with Gasteiger partial charge in [0.05, 0.1) is 12.3 Å². The summed E-state index contributed by atoms with van der Waals surface area (Å²) in [5.41, 5.74) is 2.37. The zero-order valence-electron chi connectivity index (χ0n) is 16.1. The van der Waals surface area contributed by atoms with Crippen LogP contribution in [-0.2, 0) is 9.59 Å². The third-order valence-electron chi connectivity index (χ3n) is 4.24. The second-order valence-electron chi connectivity index (χ2n) is 6.58. The molecule has 4 amide bonds. The van der Waals surface area contributed by atoms with Gasteiger partial charge in [0.25, 0.3) is 11.8 Å². The Morgan fingerprint density at radius 1 is 1.10 bits per heavy atom. The van der Waals surface area contributed by atoms with E-state index in [1.807, 2.05) is 19.9 Å². The summed E-state index contributed by atoms with van der Waals surface area (Å²) in [6.07, 6.45) is 1.35. The van der Waals surface area contributed by atoms with Gasteiger partial charge in [-0.1, -0.05) is 22.0 Å². The molecule has 1 fully saturated rings. The number of hydrogen-bond acceptors (Lipinski definition) is 5. The number of carbonyl (C=O) groups is 3. The van der Waals surface area contributed by atoms with Gasteiger partial charge in [-0.25, -0.2) is 9.69 Å². The molecule has 0 bridgehead atoms. The highest BCUT2D eigenvalue weighted by molar-refractivity contribution is 9.10. The Balaban J connectivity index is 2.07. The van der Waals surface area contributed by atoms with E-state index in [1.165, 1.54) is 18.2 Å². The molecule has 3 rings (SSSR count). The molecule has 0 unspecified atom stereocenters. The van der Waals surface area contributed by atoms with Crippen LogP contribution in [0, 0.1) is 13.8 Å². The lowest BCUT2D eigenvalue weighted by atomic mass is 10.0. The first-order valence-corrected chi connectivity index (χ1v) is 9.65. The number of benzene rings is 2. The van der Waals surface area contributed by atoms with Gasteiger partial charge in [-0.05, 0) is 67.8 Å². The molecule has 1 aliphatic heterocycles. The first-order chi connectivity index (χ1) is 13.7. The van der Waals surface area contributed by atoms with Crippen molar-refractivity contribution in [2.75, 3.05) is 11.5 Å². The number of urea groups is 1. The molecule has 0 aliphatic carbocycles. The zero-order valence-corrected chi connectivity index (χ0v) is 17.7. The van der Waals surface area contributed by atoms with Crippen molar-refractivity contribution in [1.82, 2.24) is 5.32 Å². The molecule has 0 aromatic heterocycles. The predicted molar refractivity (Wildman–Crippen MR) is 112 cm³/mol. The minimum Gasteiger partial charge on any atom is -0.504 e. The maximum absolute atomic E-state index is 13.0. The monoisotopic (exact) mass is 458 g/mol. The Kier molecular flexibility index (Phi) is 5.74. The van der Waals surface area contributed by atoms with Crippen LogP contribution in [0.2, 0.25) is 0 Å². The topological polar surface area (TPSA) is 95.9 Å². The van der Waals surface area contributed by atoms with Gasteiger partial charge in [-0.3, -0.25) is 14.9 Å². The lowest BCUT2D eigenvalue weighted by Crippen LogP contribution is -2.54. The number of aryl methyl sites for hydroxylation is 2. The first kappa shape index (κ1) is 20.6. The molecule has 150 valence electrons. The predicted octanol–water partition coefficient (Wildman–Crippen LogP) is 3.84. The average Bonchev–Trinajstić information content (AvgIpc) is 2.61. The summed E-state index contributed by atoms with van der Waals surface area (Å²) in [6, 6.07) is 7.43. The highest BCUT2D eigenvalue weighted by atomic mass is 79.9. The number of barbiturate groups is 1. The number of imide groups is 2. The van der Waals surface area contributed by atoms with Gasteiger partial charge in [0.1, 0.15) is 5.57 Å². The number of halogens is 1. The largest absolute Gasteiger partial charge is 0.504 e. The van der Waals surface area contributed by atoms with Crippen molar-refractivity contribution in [3.63, 3.8) is 0 Å². The van der Waals surface area contributed by atoms with Gasteiger partial charge >= 0.3 is 6.03 Å². The van der Waals surface area contributed by atoms with Gasteiger partial charge in [0.15, 0.2) is 11.5 Å². The quantitative estimate of drug-likeness (QED) is 0.535. The third kappa shape index (κ3) is 4.17. The number of nitrogens with one attached hydrogen (secondary N) is 1. The molecule has 1 saturated heterocycles. The van der Waals surface area contributed by atoms with Gasteiger partial charge in [-0.15, -0.1) is 0 Å². The fourth-order valence-corrected chi connectivity index (χ4v) is 3.51. The summed E-state index contributed by atoms with van der Waals surface area (Å²) >= 11 is 3.31. The van der Waals surface area contributed by atoms with Crippen LogP contribution < -0.4 is 15.0 Å². The van der Waals surface area contributed by atoms with Crippen LogP contribution in [0.15, 0.2) is 40.4 Å². The molecule has 8 heteroatoms. The Morgan fingerprint density at radius 3 is 2.38 bits per heavy atom. The zero-order chi connectivity index (χ0) is 21.3. The van der Waals surface area contributed by atoms with Crippen molar-refractivity contribution in [1.29, 1.82) is 0 Å². The van der Waals surface area contributed by atoms with E-state index in [4.69, 9.17) is 4.74 Å². The van der Waals surface area contributed by atoms with Crippen molar-refractivity contribution < 1.29 is 24.2 Å². The normalized spacial score (nSPS) is 15.7. The highest BCUT2D eigenvalue weighted by Crippen LogP contribution is 2.34. The van der Waals surface area contributed by atoms with Crippen LogP contribution in [0.5, 0.6) is 11.5 Å². The molecule has 0 spiro atoms. The van der Waals surface area contributed by atoms with E-state index in [-0.39, 0.29) is 17.1 Å². The number of anilines is 1. The molecule has 2 aromatic carbocycles. The molecule has 1 heterocycles. The van der Waals surface area contributed by atoms with Crippen LogP contribution in [0.4, 0.5) is 10.5 Å². The van der Waals surface area contributed by atoms with Crippen molar-refractivity contribution in [2.45, 2.75) is 20.8 Å². The first-order valence-electron chi connectivity index (χ1n) is 8.86. The lowest BCUT2D eigenvalue weighted by molar-refractivity contribution is -0.122. The number of rotatable bonds is 4. The summed E-state index contributed by atoms with van der Waals surface area (Å²) in [6.45, 7) is 5.81. The molecule has 0 atom stereocenters. The van der Waals surface area contributed by atoms with Crippen LogP contribution in [0.3, 0.4) is 0 Å². The number of phenolic OH excluding ortho intramolecular Hbond substituents is 1. The van der Waals surface area contributed by atoms with Crippen molar-refractivity contribution >= 4 is 45.5 Å². The fourth-order valence-electron chi connectivity index (χ4n) is 3.07. The number of carbonyl (C=O) groups excluding carboxylic acids is 3. The second-order valence-corrected chi connectivity index (χ2v) is 7.43. The minimum atomic E-state index is -0.804. The SMILES string of the molecule is CCOc1cc(/C=C2/C(=O)NC(=O)N(c3cc(C)cc(C)c3)C2=O)c(Br)cc1O. The van der Waals surface area contributed by atoms with Crippen LogP contribution >= 0.6 is 15.9 Å². The number of phenols is 1. The summed E-state index contributed by atoms with van der Waals surface area (Å²) in [4.78, 5) is 38.7. The van der Waals surface area contributed by atoms with E-state index in [0.717, 1.165) is 16.0 Å². The Hall–Kier alpha value is -3.13. The minimum absolute atomic E-state index is 0.0765. The van der Waals surface area contributed by atoms with E-state index >= 15 is 0 Å². The number of ether oxygens (including phenoxy) is 1. The molecular formula is C21H19BrN2O5. The molecule has 2 aromatic rings. The number of amides is 4. The average molecular weight is 459 g/mol. The summed E-state index contributed by atoms with van der Waals surface area (Å²) < 4.78 is 5.82. The summed E-state index contributed by atoms with van der Waals surface area (Å²) in [7, 11) is 0. The maximum Gasteiger partial charge on any atom is 0.335 e. The third-order valence-corrected chi connectivity index (χ3v) is 4.93.